The summed E-state index contributed by atoms with van der Waals surface area (Å²) in [7, 11) is 0. The van der Waals surface area contributed by atoms with Crippen LogP contribution in [-0.4, -0.2) is 49.2 Å². The smallest absolute Gasteiger partial charge is 0.227 e. The van der Waals surface area contributed by atoms with Gasteiger partial charge in [-0.15, -0.1) is 0 Å². The molecule has 0 saturated carbocycles. The molecule has 2 aliphatic heterocycles. The molecule has 3 heterocycles. The largest absolute Gasteiger partial charge is 0.366 e. The van der Waals surface area contributed by atoms with Crippen LogP contribution in [-0.2, 0) is 0 Å². The molecule has 0 spiro atoms. The van der Waals surface area contributed by atoms with E-state index in [0.29, 0.717) is 5.69 Å². The first-order valence-electron chi connectivity index (χ1n) is 9.95. The minimum absolute atomic E-state index is 0.153. The van der Waals surface area contributed by atoms with Crippen LogP contribution in [0, 0.1) is 18.7 Å². The molecule has 0 N–H and O–H groups in total. The van der Waals surface area contributed by atoms with Gasteiger partial charge in [-0.1, -0.05) is 19.1 Å². The number of para-hydroxylation sites is 1. The normalized spacial score (nSPS) is 18.9. The fourth-order valence-electron chi connectivity index (χ4n) is 3.93. The molecule has 1 aromatic carbocycles. The van der Waals surface area contributed by atoms with Crippen molar-refractivity contribution in [2.24, 2.45) is 5.92 Å². The van der Waals surface area contributed by atoms with Crippen LogP contribution in [0.1, 0.15) is 25.5 Å². The van der Waals surface area contributed by atoms with E-state index >= 15 is 0 Å². The number of rotatable bonds is 3. The minimum Gasteiger partial charge on any atom is -0.366 e. The lowest BCUT2D eigenvalue weighted by molar-refractivity contribution is 0.436. The Bertz CT molecular complexity index is 780. The molecule has 5 nitrogen and oxygen atoms in total. The first-order valence-corrected chi connectivity index (χ1v) is 9.95. The number of aromatic nitrogens is 2. The van der Waals surface area contributed by atoms with E-state index in [0.717, 1.165) is 62.6 Å². The Morgan fingerprint density at radius 1 is 0.889 bits per heavy atom. The summed E-state index contributed by atoms with van der Waals surface area (Å²) in [5, 5.41) is 0. The van der Waals surface area contributed by atoms with E-state index in [1.54, 1.807) is 6.07 Å². The predicted octanol–water partition coefficient (Wildman–Crippen LogP) is 3.49. The number of nitrogens with zero attached hydrogens (tertiary/aromatic N) is 5. The molecular weight excluding hydrogens is 341 g/mol. The van der Waals surface area contributed by atoms with Gasteiger partial charge >= 0.3 is 0 Å². The van der Waals surface area contributed by atoms with E-state index in [9.17, 15) is 4.39 Å². The maximum Gasteiger partial charge on any atom is 0.227 e. The highest BCUT2D eigenvalue weighted by Gasteiger charge is 2.23. The molecule has 144 valence electrons. The lowest BCUT2D eigenvalue weighted by Crippen LogP contribution is -2.47. The lowest BCUT2D eigenvalue weighted by atomic mass is 9.99. The maximum absolute atomic E-state index is 14.0. The highest BCUT2D eigenvalue weighted by Crippen LogP contribution is 2.25. The first kappa shape index (κ1) is 18.0. The van der Waals surface area contributed by atoms with Crippen LogP contribution < -0.4 is 14.7 Å². The Kier molecular flexibility index (Phi) is 5.14. The van der Waals surface area contributed by atoms with Gasteiger partial charge in [0, 0.05) is 51.0 Å². The van der Waals surface area contributed by atoms with Crippen molar-refractivity contribution >= 4 is 17.5 Å². The van der Waals surface area contributed by atoms with Crippen LogP contribution >= 0.6 is 0 Å². The number of hydrogen-bond donors (Lipinski definition) is 0. The molecule has 0 bridgehead atoms. The topological polar surface area (TPSA) is 35.5 Å². The molecule has 6 heteroatoms. The van der Waals surface area contributed by atoms with E-state index in [2.05, 4.69) is 32.7 Å². The van der Waals surface area contributed by atoms with Gasteiger partial charge in [-0.3, -0.25) is 0 Å². The summed E-state index contributed by atoms with van der Waals surface area (Å²) in [6, 6.07) is 9.09. The van der Waals surface area contributed by atoms with E-state index in [4.69, 9.17) is 4.98 Å². The quantitative estimate of drug-likeness (QED) is 0.828. The molecule has 2 fully saturated rings. The Labute approximate surface area is 160 Å². The van der Waals surface area contributed by atoms with E-state index in [-0.39, 0.29) is 5.82 Å². The Morgan fingerprint density at radius 3 is 2.26 bits per heavy atom. The van der Waals surface area contributed by atoms with Crippen molar-refractivity contribution in [3.63, 3.8) is 0 Å². The standard InChI is InChI=1S/C21H28FN5/c1-16-7-9-26(10-8-16)20-15-17(2)23-21(24-20)27-13-11-25(12-14-27)19-6-4-3-5-18(19)22/h3-6,15-16H,7-14H2,1-2H3. The number of piperidine rings is 1. The first-order chi connectivity index (χ1) is 13.1. The summed E-state index contributed by atoms with van der Waals surface area (Å²) in [5.74, 6) is 2.49. The Morgan fingerprint density at radius 2 is 1.56 bits per heavy atom. The van der Waals surface area contributed by atoms with Crippen molar-refractivity contribution < 1.29 is 4.39 Å². The molecule has 0 radical (unpaired) electrons. The van der Waals surface area contributed by atoms with Crippen molar-refractivity contribution in [2.75, 3.05) is 54.0 Å². The number of benzene rings is 1. The number of piperazine rings is 1. The maximum atomic E-state index is 14.0. The van der Waals surface area contributed by atoms with Crippen molar-refractivity contribution in [2.45, 2.75) is 26.7 Å². The third-order valence-corrected chi connectivity index (χ3v) is 5.69. The Balaban J connectivity index is 1.46. The monoisotopic (exact) mass is 369 g/mol. The molecule has 2 aliphatic rings. The van der Waals surface area contributed by atoms with Gasteiger partial charge in [-0.25, -0.2) is 9.37 Å². The van der Waals surface area contributed by atoms with E-state index in [1.165, 1.54) is 18.9 Å². The Hall–Kier alpha value is -2.37. The third-order valence-electron chi connectivity index (χ3n) is 5.69. The summed E-state index contributed by atoms with van der Waals surface area (Å²) in [5.41, 5.74) is 1.69. The van der Waals surface area contributed by atoms with Gasteiger partial charge in [0.2, 0.25) is 5.95 Å². The van der Waals surface area contributed by atoms with E-state index in [1.807, 2.05) is 19.1 Å². The van der Waals surface area contributed by atoms with Crippen LogP contribution in [0.5, 0.6) is 0 Å². The molecular formula is C21H28FN5. The van der Waals surface area contributed by atoms with Crippen LogP contribution in [0.15, 0.2) is 30.3 Å². The van der Waals surface area contributed by atoms with Crippen LogP contribution in [0.2, 0.25) is 0 Å². The third kappa shape index (κ3) is 3.99. The molecule has 2 aromatic rings. The second-order valence-corrected chi connectivity index (χ2v) is 7.76. The van der Waals surface area contributed by atoms with Crippen LogP contribution in [0.4, 0.5) is 21.8 Å². The summed E-state index contributed by atoms with van der Waals surface area (Å²) in [6.45, 7) is 9.64. The van der Waals surface area contributed by atoms with Gasteiger partial charge in [0.25, 0.3) is 0 Å². The molecule has 0 unspecified atom stereocenters. The zero-order valence-electron chi connectivity index (χ0n) is 16.2. The number of hydrogen-bond acceptors (Lipinski definition) is 5. The highest BCUT2D eigenvalue weighted by atomic mass is 19.1. The van der Waals surface area contributed by atoms with Gasteiger partial charge < -0.3 is 14.7 Å². The molecule has 27 heavy (non-hydrogen) atoms. The van der Waals surface area contributed by atoms with Crippen LogP contribution in [0.25, 0.3) is 0 Å². The number of anilines is 3. The molecule has 0 aliphatic carbocycles. The van der Waals surface area contributed by atoms with Gasteiger partial charge in [-0.2, -0.15) is 4.98 Å². The summed E-state index contributed by atoms with van der Waals surface area (Å²) >= 11 is 0. The van der Waals surface area contributed by atoms with Crippen molar-refractivity contribution in [3.05, 3.63) is 41.8 Å². The predicted molar refractivity (Wildman–Crippen MR) is 108 cm³/mol. The number of aryl methyl sites for hydroxylation is 1. The second-order valence-electron chi connectivity index (χ2n) is 7.76. The fourth-order valence-corrected chi connectivity index (χ4v) is 3.93. The van der Waals surface area contributed by atoms with Gasteiger partial charge in [0.1, 0.15) is 11.6 Å². The number of halogens is 1. The SMILES string of the molecule is Cc1cc(N2CCC(C)CC2)nc(N2CCN(c3ccccc3F)CC2)n1. The van der Waals surface area contributed by atoms with Crippen molar-refractivity contribution in [1.82, 2.24) is 9.97 Å². The molecule has 0 amide bonds. The summed E-state index contributed by atoms with van der Waals surface area (Å²) in [6.07, 6.45) is 2.44. The molecule has 4 rings (SSSR count). The molecule has 0 atom stereocenters. The lowest BCUT2D eigenvalue weighted by Gasteiger charge is -2.37. The van der Waals surface area contributed by atoms with Crippen molar-refractivity contribution in [1.29, 1.82) is 0 Å². The highest BCUT2D eigenvalue weighted by molar-refractivity contribution is 5.51. The average Bonchev–Trinajstić information content (AvgIpc) is 2.69. The average molecular weight is 369 g/mol. The molecule has 1 aromatic heterocycles. The van der Waals surface area contributed by atoms with Gasteiger partial charge in [0.15, 0.2) is 0 Å². The second kappa shape index (κ2) is 7.71. The van der Waals surface area contributed by atoms with Gasteiger partial charge in [-0.05, 0) is 37.8 Å². The summed E-state index contributed by atoms with van der Waals surface area (Å²) < 4.78 is 14.0. The van der Waals surface area contributed by atoms with E-state index < -0.39 is 0 Å². The zero-order chi connectivity index (χ0) is 18.8. The minimum atomic E-state index is -0.153. The van der Waals surface area contributed by atoms with Crippen molar-refractivity contribution in [3.8, 4) is 0 Å². The van der Waals surface area contributed by atoms with Crippen LogP contribution in [0.3, 0.4) is 0 Å². The zero-order valence-corrected chi connectivity index (χ0v) is 16.2. The summed E-state index contributed by atoms with van der Waals surface area (Å²) in [4.78, 5) is 16.3. The fraction of sp³-hybridized carbons (Fsp3) is 0.524. The van der Waals surface area contributed by atoms with Gasteiger partial charge in [0.05, 0.1) is 5.69 Å². The molecule has 2 saturated heterocycles.